The van der Waals surface area contributed by atoms with Crippen LogP contribution in [0.1, 0.15) is 26.6 Å². The van der Waals surface area contributed by atoms with Gasteiger partial charge in [0.15, 0.2) is 0 Å². The van der Waals surface area contributed by atoms with Crippen molar-refractivity contribution in [2.75, 3.05) is 13.1 Å². The Morgan fingerprint density at radius 1 is 1.59 bits per heavy atom. The summed E-state index contributed by atoms with van der Waals surface area (Å²) in [6.45, 7) is 9.38. The van der Waals surface area contributed by atoms with Gasteiger partial charge in [-0.2, -0.15) is 5.10 Å². The SMILES string of the molecule is CCN(Cc1ncnn1CC)CC(C)C(=N)N. The zero-order valence-electron chi connectivity index (χ0n) is 10.8. The van der Waals surface area contributed by atoms with Gasteiger partial charge in [-0.1, -0.05) is 13.8 Å². The Hall–Kier alpha value is -1.43. The van der Waals surface area contributed by atoms with Crippen molar-refractivity contribution in [3.63, 3.8) is 0 Å². The lowest BCUT2D eigenvalue weighted by atomic mass is 10.1. The number of nitrogens with zero attached hydrogens (tertiary/aromatic N) is 4. The van der Waals surface area contributed by atoms with Gasteiger partial charge in [-0.15, -0.1) is 0 Å². The van der Waals surface area contributed by atoms with Crippen LogP contribution in [0.5, 0.6) is 0 Å². The van der Waals surface area contributed by atoms with Crippen molar-refractivity contribution in [3.8, 4) is 0 Å². The Morgan fingerprint density at radius 2 is 2.29 bits per heavy atom. The van der Waals surface area contributed by atoms with Gasteiger partial charge >= 0.3 is 0 Å². The van der Waals surface area contributed by atoms with E-state index in [2.05, 4.69) is 21.9 Å². The molecule has 0 radical (unpaired) electrons. The first-order valence-electron chi connectivity index (χ1n) is 6.01. The standard InChI is InChI=1S/C11H22N6/c1-4-16(6-9(3)11(12)13)7-10-14-8-15-17(10)5-2/h8-9H,4-7H2,1-3H3,(H3,12,13). The molecule has 96 valence electrons. The number of rotatable bonds is 7. The van der Waals surface area contributed by atoms with Crippen LogP contribution in [0.25, 0.3) is 0 Å². The van der Waals surface area contributed by atoms with Crippen LogP contribution < -0.4 is 5.73 Å². The van der Waals surface area contributed by atoms with Crippen LogP contribution in [0.15, 0.2) is 6.33 Å². The Bertz CT molecular complexity index is 359. The van der Waals surface area contributed by atoms with Crippen LogP contribution in [-0.2, 0) is 13.1 Å². The summed E-state index contributed by atoms with van der Waals surface area (Å²) in [6.07, 6.45) is 1.58. The number of nitrogens with one attached hydrogen (secondary N) is 1. The molecule has 1 aromatic heterocycles. The first-order chi connectivity index (χ1) is 8.08. The number of hydrogen-bond acceptors (Lipinski definition) is 4. The van der Waals surface area contributed by atoms with Gasteiger partial charge in [0.2, 0.25) is 0 Å². The van der Waals surface area contributed by atoms with E-state index in [1.807, 2.05) is 18.5 Å². The molecule has 0 aromatic carbocycles. The molecule has 17 heavy (non-hydrogen) atoms. The molecule has 0 fully saturated rings. The van der Waals surface area contributed by atoms with E-state index in [4.69, 9.17) is 11.1 Å². The van der Waals surface area contributed by atoms with Gasteiger partial charge in [0, 0.05) is 19.0 Å². The largest absolute Gasteiger partial charge is 0.387 e. The molecule has 1 aromatic rings. The van der Waals surface area contributed by atoms with Crippen molar-refractivity contribution in [2.45, 2.75) is 33.9 Å². The Kier molecular flexibility index (Phi) is 5.09. The minimum absolute atomic E-state index is 0.0768. The predicted molar refractivity (Wildman–Crippen MR) is 67.7 cm³/mol. The minimum Gasteiger partial charge on any atom is -0.387 e. The van der Waals surface area contributed by atoms with Crippen LogP contribution in [0.2, 0.25) is 0 Å². The lowest BCUT2D eigenvalue weighted by Gasteiger charge is -2.23. The van der Waals surface area contributed by atoms with E-state index in [0.717, 1.165) is 32.0 Å². The zero-order valence-corrected chi connectivity index (χ0v) is 10.8. The molecule has 1 unspecified atom stereocenters. The average Bonchev–Trinajstić information content (AvgIpc) is 2.75. The second-order valence-corrected chi connectivity index (χ2v) is 4.18. The number of aryl methyl sites for hydroxylation is 1. The molecule has 3 N–H and O–H groups in total. The van der Waals surface area contributed by atoms with Crippen LogP contribution in [0.3, 0.4) is 0 Å². The molecule has 6 nitrogen and oxygen atoms in total. The molecule has 1 rings (SSSR count). The monoisotopic (exact) mass is 238 g/mol. The Morgan fingerprint density at radius 3 is 2.82 bits per heavy atom. The fraction of sp³-hybridized carbons (Fsp3) is 0.727. The van der Waals surface area contributed by atoms with Gasteiger partial charge in [-0.3, -0.25) is 10.3 Å². The second kappa shape index (κ2) is 6.34. The summed E-state index contributed by atoms with van der Waals surface area (Å²) in [6, 6.07) is 0. The first-order valence-corrected chi connectivity index (χ1v) is 6.01. The molecule has 0 bridgehead atoms. The molecule has 0 spiro atoms. The summed E-state index contributed by atoms with van der Waals surface area (Å²) in [5.41, 5.74) is 5.49. The van der Waals surface area contributed by atoms with E-state index in [1.54, 1.807) is 6.33 Å². The van der Waals surface area contributed by atoms with Crippen LogP contribution in [-0.4, -0.2) is 38.6 Å². The van der Waals surface area contributed by atoms with Gasteiger partial charge in [0.05, 0.1) is 12.4 Å². The molecule has 0 aliphatic rings. The van der Waals surface area contributed by atoms with Crippen molar-refractivity contribution in [1.29, 1.82) is 5.41 Å². The highest BCUT2D eigenvalue weighted by Crippen LogP contribution is 2.05. The number of amidine groups is 1. The molecular weight excluding hydrogens is 216 g/mol. The van der Waals surface area contributed by atoms with Crippen molar-refractivity contribution in [2.24, 2.45) is 11.7 Å². The van der Waals surface area contributed by atoms with Crippen LogP contribution in [0, 0.1) is 11.3 Å². The summed E-state index contributed by atoms with van der Waals surface area (Å²) in [5.74, 6) is 1.28. The highest BCUT2D eigenvalue weighted by atomic mass is 15.3. The van der Waals surface area contributed by atoms with Gasteiger partial charge < -0.3 is 5.73 Å². The van der Waals surface area contributed by atoms with Crippen molar-refractivity contribution >= 4 is 5.84 Å². The molecule has 6 heteroatoms. The highest BCUT2D eigenvalue weighted by molar-refractivity contribution is 5.79. The van der Waals surface area contributed by atoms with E-state index in [0.29, 0.717) is 0 Å². The predicted octanol–water partition coefficient (Wildman–Crippen LogP) is 0.692. The van der Waals surface area contributed by atoms with E-state index >= 15 is 0 Å². The van der Waals surface area contributed by atoms with E-state index in [-0.39, 0.29) is 11.8 Å². The Labute approximate surface area is 102 Å². The van der Waals surface area contributed by atoms with Gasteiger partial charge in [0.25, 0.3) is 0 Å². The number of aromatic nitrogens is 3. The molecule has 0 aliphatic heterocycles. The number of hydrogen-bond donors (Lipinski definition) is 2. The summed E-state index contributed by atoms with van der Waals surface area (Å²) >= 11 is 0. The minimum atomic E-state index is 0.0768. The third-order valence-electron chi connectivity index (χ3n) is 2.87. The first kappa shape index (κ1) is 13.6. The fourth-order valence-corrected chi connectivity index (χ4v) is 1.67. The van der Waals surface area contributed by atoms with Crippen molar-refractivity contribution < 1.29 is 0 Å². The van der Waals surface area contributed by atoms with Crippen LogP contribution in [0.4, 0.5) is 0 Å². The third kappa shape index (κ3) is 3.81. The van der Waals surface area contributed by atoms with Crippen molar-refractivity contribution in [1.82, 2.24) is 19.7 Å². The van der Waals surface area contributed by atoms with Crippen LogP contribution >= 0.6 is 0 Å². The summed E-state index contributed by atoms with van der Waals surface area (Å²) in [7, 11) is 0. The molecule has 1 atom stereocenters. The fourth-order valence-electron chi connectivity index (χ4n) is 1.67. The summed E-state index contributed by atoms with van der Waals surface area (Å²) in [4.78, 5) is 6.48. The van der Waals surface area contributed by atoms with Gasteiger partial charge in [-0.05, 0) is 13.5 Å². The molecular formula is C11H22N6. The maximum absolute atomic E-state index is 7.41. The number of nitrogens with two attached hydrogens (primary N) is 1. The molecule has 0 aliphatic carbocycles. The Balaban J connectivity index is 2.61. The van der Waals surface area contributed by atoms with Gasteiger partial charge in [-0.25, -0.2) is 9.67 Å². The third-order valence-corrected chi connectivity index (χ3v) is 2.87. The van der Waals surface area contributed by atoms with Crippen molar-refractivity contribution in [3.05, 3.63) is 12.2 Å². The topological polar surface area (TPSA) is 83.8 Å². The maximum Gasteiger partial charge on any atom is 0.140 e. The molecule has 1 heterocycles. The average molecular weight is 238 g/mol. The quantitative estimate of drug-likeness (QED) is 0.541. The highest BCUT2D eigenvalue weighted by Gasteiger charge is 2.13. The van der Waals surface area contributed by atoms with E-state index in [1.165, 1.54) is 0 Å². The smallest absolute Gasteiger partial charge is 0.140 e. The molecule has 0 saturated carbocycles. The zero-order chi connectivity index (χ0) is 12.8. The van der Waals surface area contributed by atoms with E-state index < -0.39 is 0 Å². The molecule has 0 amide bonds. The lowest BCUT2D eigenvalue weighted by Crippen LogP contribution is -2.34. The molecule has 0 saturated heterocycles. The second-order valence-electron chi connectivity index (χ2n) is 4.18. The maximum atomic E-state index is 7.41. The lowest BCUT2D eigenvalue weighted by molar-refractivity contribution is 0.252. The van der Waals surface area contributed by atoms with E-state index in [9.17, 15) is 0 Å². The summed E-state index contributed by atoms with van der Waals surface area (Å²) < 4.78 is 1.89. The normalized spacial score (nSPS) is 12.9. The van der Waals surface area contributed by atoms with Gasteiger partial charge in [0.1, 0.15) is 12.2 Å². The summed E-state index contributed by atoms with van der Waals surface area (Å²) in [5, 5.41) is 11.6.